The second-order valence-electron chi connectivity index (χ2n) is 4.60. The van der Waals surface area contributed by atoms with Crippen LogP contribution in [0, 0.1) is 6.92 Å². The highest BCUT2D eigenvalue weighted by molar-refractivity contribution is 6.09. The maximum Gasteiger partial charge on any atom is 0.260 e. The molecular formula is C16H18N2O2. The summed E-state index contributed by atoms with van der Waals surface area (Å²) in [5.74, 6) is 0.568. The number of carbonyl (C=O) groups is 1. The Bertz CT molecular complexity index is 638. The molecule has 0 atom stereocenters. The number of hydrogen-bond acceptors (Lipinski definition) is 3. The molecule has 0 fully saturated rings. The number of aryl methyl sites for hydroxylation is 1. The fourth-order valence-corrected chi connectivity index (χ4v) is 1.98. The monoisotopic (exact) mass is 270 g/mol. The Morgan fingerprint density at radius 3 is 2.60 bits per heavy atom. The molecule has 0 aliphatic carbocycles. The highest BCUT2D eigenvalue weighted by Crippen LogP contribution is 2.24. The maximum absolute atomic E-state index is 12.5. The van der Waals surface area contributed by atoms with Crippen LogP contribution >= 0.6 is 0 Å². The van der Waals surface area contributed by atoms with Gasteiger partial charge in [-0.05, 0) is 30.7 Å². The van der Waals surface area contributed by atoms with Gasteiger partial charge >= 0.3 is 0 Å². The van der Waals surface area contributed by atoms with Crippen molar-refractivity contribution in [1.29, 1.82) is 0 Å². The predicted molar refractivity (Wildman–Crippen MR) is 81.3 cm³/mol. The van der Waals surface area contributed by atoms with E-state index >= 15 is 0 Å². The van der Waals surface area contributed by atoms with E-state index in [9.17, 15) is 4.79 Å². The third-order valence-corrected chi connectivity index (χ3v) is 3.30. The second kappa shape index (κ2) is 5.65. The van der Waals surface area contributed by atoms with Crippen molar-refractivity contribution >= 4 is 17.3 Å². The summed E-state index contributed by atoms with van der Waals surface area (Å²) < 4.78 is 5.17. The number of hydrogen-bond donors (Lipinski definition) is 1. The quantitative estimate of drug-likeness (QED) is 0.872. The van der Waals surface area contributed by atoms with Gasteiger partial charge in [0.25, 0.3) is 5.91 Å². The smallest absolute Gasteiger partial charge is 0.260 e. The number of benzene rings is 2. The van der Waals surface area contributed by atoms with Gasteiger partial charge in [0.1, 0.15) is 5.75 Å². The summed E-state index contributed by atoms with van der Waals surface area (Å²) in [6.45, 7) is 1.89. The number of nitrogens with zero attached hydrogens (tertiary/aromatic N) is 1. The molecule has 0 unspecified atom stereocenters. The van der Waals surface area contributed by atoms with E-state index in [1.54, 1.807) is 25.1 Å². The molecule has 0 saturated heterocycles. The van der Waals surface area contributed by atoms with Crippen LogP contribution < -0.4 is 15.4 Å². The van der Waals surface area contributed by atoms with Gasteiger partial charge in [0.15, 0.2) is 0 Å². The number of para-hydroxylation sites is 1. The van der Waals surface area contributed by atoms with E-state index in [1.165, 1.54) is 0 Å². The zero-order valence-electron chi connectivity index (χ0n) is 11.9. The number of ether oxygens (including phenoxy) is 1. The summed E-state index contributed by atoms with van der Waals surface area (Å²) in [7, 11) is 3.32. The fraction of sp³-hybridized carbons (Fsp3) is 0.188. The molecule has 4 heteroatoms. The minimum absolute atomic E-state index is 0.139. The molecule has 0 spiro atoms. The first-order chi connectivity index (χ1) is 9.54. The van der Waals surface area contributed by atoms with Crippen LogP contribution in [0.1, 0.15) is 15.9 Å². The van der Waals surface area contributed by atoms with E-state index in [1.807, 2.05) is 43.3 Å². The van der Waals surface area contributed by atoms with Crippen molar-refractivity contribution in [2.75, 3.05) is 24.8 Å². The summed E-state index contributed by atoms with van der Waals surface area (Å²) in [5.41, 5.74) is 8.67. The molecule has 0 saturated carbocycles. The lowest BCUT2D eigenvalue weighted by Crippen LogP contribution is -2.27. The molecular weight excluding hydrogens is 252 g/mol. The average molecular weight is 270 g/mol. The third-order valence-electron chi connectivity index (χ3n) is 3.30. The topological polar surface area (TPSA) is 55.6 Å². The average Bonchev–Trinajstić information content (AvgIpc) is 2.48. The predicted octanol–water partition coefficient (Wildman–Crippen LogP) is 2.86. The van der Waals surface area contributed by atoms with Gasteiger partial charge in [0, 0.05) is 24.5 Å². The molecule has 2 N–H and O–H groups in total. The molecule has 0 aliphatic heterocycles. The second-order valence-corrected chi connectivity index (χ2v) is 4.60. The molecule has 2 aromatic rings. The van der Waals surface area contributed by atoms with Gasteiger partial charge in [-0.2, -0.15) is 0 Å². The summed E-state index contributed by atoms with van der Waals surface area (Å²) in [6.07, 6.45) is 0. The van der Waals surface area contributed by atoms with E-state index in [2.05, 4.69) is 0 Å². The van der Waals surface area contributed by atoms with Crippen LogP contribution in [0.3, 0.4) is 0 Å². The molecule has 2 aromatic carbocycles. The summed E-state index contributed by atoms with van der Waals surface area (Å²) in [4.78, 5) is 14.1. The number of nitrogen functional groups attached to an aromatic ring is 1. The van der Waals surface area contributed by atoms with Crippen molar-refractivity contribution in [3.63, 3.8) is 0 Å². The normalized spacial score (nSPS) is 10.2. The standard InChI is InChI=1S/C16H18N2O2/c1-11-6-4-9-14(15(11)17)16(19)18(2)12-7-5-8-13(10-12)20-3/h4-10H,17H2,1-3H3. The van der Waals surface area contributed by atoms with Crippen LogP contribution in [0.25, 0.3) is 0 Å². The van der Waals surface area contributed by atoms with Crippen molar-refractivity contribution in [2.24, 2.45) is 0 Å². The molecule has 104 valence electrons. The lowest BCUT2D eigenvalue weighted by molar-refractivity contribution is 0.0994. The van der Waals surface area contributed by atoms with Gasteiger partial charge in [-0.25, -0.2) is 0 Å². The molecule has 20 heavy (non-hydrogen) atoms. The van der Waals surface area contributed by atoms with Crippen LogP contribution in [0.15, 0.2) is 42.5 Å². The zero-order valence-corrected chi connectivity index (χ0v) is 11.9. The number of anilines is 2. The summed E-state index contributed by atoms with van der Waals surface area (Å²) in [5, 5.41) is 0. The van der Waals surface area contributed by atoms with Crippen LogP contribution in [0.2, 0.25) is 0 Å². The Morgan fingerprint density at radius 1 is 1.20 bits per heavy atom. The maximum atomic E-state index is 12.5. The SMILES string of the molecule is COc1cccc(N(C)C(=O)c2cccc(C)c2N)c1. The van der Waals surface area contributed by atoms with E-state index in [-0.39, 0.29) is 5.91 Å². The van der Waals surface area contributed by atoms with Crippen molar-refractivity contribution in [3.8, 4) is 5.75 Å². The van der Waals surface area contributed by atoms with E-state index in [0.717, 1.165) is 11.3 Å². The highest BCUT2D eigenvalue weighted by atomic mass is 16.5. The van der Waals surface area contributed by atoms with Gasteiger partial charge in [-0.3, -0.25) is 4.79 Å². The zero-order chi connectivity index (χ0) is 14.7. The Morgan fingerprint density at radius 2 is 1.90 bits per heavy atom. The Labute approximate surface area is 118 Å². The first-order valence-electron chi connectivity index (χ1n) is 6.31. The first-order valence-corrected chi connectivity index (χ1v) is 6.31. The molecule has 4 nitrogen and oxygen atoms in total. The van der Waals surface area contributed by atoms with Crippen molar-refractivity contribution < 1.29 is 9.53 Å². The summed E-state index contributed by atoms with van der Waals surface area (Å²) >= 11 is 0. The van der Waals surface area contributed by atoms with Crippen LogP contribution in [-0.2, 0) is 0 Å². The van der Waals surface area contributed by atoms with E-state index < -0.39 is 0 Å². The van der Waals surface area contributed by atoms with Gasteiger partial charge in [-0.15, -0.1) is 0 Å². The Hall–Kier alpha value is -2.49. The van der Waals surface area contributed by atoms with Gasteiger partial charge in [0.05, 0.1) is 12.7 Å². The summed E-state index contributed by atoms with van der Waals surface area (Å²) in [6, 6.07) is 12.8. The van der Waals surface area contributed by atoms with Gasteiger partial charge in [-0.1, -0.05) is 18.2 Å². The largest absolute Gasteiger partial charge is 0.497 e. The number of rotatable bonds is 3. The number of methoxy groups -OCH3 is 1. The Balaban J connectivity index is 2.35. The van der Waals surface area contributed by atoms with Crippen molar-refractivity contribution in [2.45, 2.75) is 6.92 Å². The van der Waals surface area contributed by atoms with E-state index in [4.69, 9.17) is 10.5 Å². The lowest BCUT2D eigenvalue weighted by Gasteiger charge is -2.19. The highest BCUT2D eigenvalue weighted by Gasteiger charge is 2.17. The van der Waals surface area contributed by atoms with Crippen LogP contribution in [-0.4, -0.2) is 20.1 Å². The molecule has 2 rings (SSSR count). The van der Waals surface area contributed by atoms with Crippen LogP contribution in [0.5, 0.6) is 5.75 Å². The van der Waals surface area contributed by atoms with E-state index in [0.29, 0.717) is 17.0 Å². The van der Waals surface area contributed by atoms with Crippen molar-refractivity contribution in [3.05, 3.63) is 53.6 Å². The molecule has 0 aromatic heterocycles. The van der Waals surface area contributed by atoms with Crippen molar-refractivity contribution in [1.82, 2.24) is 0 Å². The fourth-order valence-electron chi connectivity index (χ4n) is 1.98. The van der Waals surface area contributed by atoms with Gasteiger partial charge in [0.2, 0.25) is 0 Å². The van der Waals surface area contributed by atoms with Crippen LogP contribution in [0.4, 0.5) is 11.4 Å². The molecule has 0 bridgehead atoms. The Kier molecular flexibility index (Phi) is 3.94. The third kappa shape index (κ3) is 2.59. The number of amides is 1. The minimum atomic E-state index is -0.139. The molecule has 0 aliphatic rings. The molecule has 0 radical (unpaired) electrons. The first kappa shape index (κ1) is 13.9. The molecule has 0 heterocycles. The number of nitrogens with two attached hydrogens (primary N) is 1. The molecule has 1 amide bonds. The minimum Gasteiger partial charge on any atom is -0.497 e. The van der Waals surface area contributed by atoms with Gasteiger partial charge < -0.3 is 15.4 Å². The number of carbonyl (C=O) groups excluding carboxylic acids is 1. The lowest BCUT2D eigenvalue weighted by atomic mass is 10.1.